The van der Waals surface area contributed by atoms with Crippen LogP contribution in [0.25, 0.3) is 6.08 Å². The number of hydrogen-bond acceptors (Lipinski definition) is 4. The van der Waals surface area contributed by atoms with Gasteiger partial charge in [0.15, 0.2) is 0 Å². The largest absolute Gasteiger partial charge is 0.497 e. The number of fused-ring (bicyclic) bond motifs is 1. The molecule has 0 bridgehead atoms. The van der Waals surface area contributed by atoms with Gasteiger partial charge in [-0.1, -0.05) is 0 Å². The van der Waals surface area contributed by atoms with Crippen LogP contribution in [0.4, 0.5) is 0 Å². The molecule has 2 aliphatic rings. The SMILES string of the molecule is COc1ccc2c(c1)C=C(C(=O)N1CCC[C@@H]1C(=O)O)CO2. The number of methoxy groups -OCH3 is 1. The Morgan fingerprint density at radius 2 is 2.23 bits per heavy atom. The Morgan fingerprint density at radius 3 is 2.95 bits per heavy atom. The third-order valence-corrected chi connectivity index (χ3v) is 4.00. The summed E-state index contributed by atoms with van der Waals surface area (Å²) in [7, 11) is 1.57. The molecule has 1 aromatic rings. The number of nitrogens with zero attached hydrogens (tertiary/aromatic N) is 1. The van der Waals surface area contributed by atoms with Crippen molar-refractivity contribution >= 4 is 18.0 Å². The van der Waals surface area contributed by atoms with E-state index in [0.29, 0.717) is 36.5 Å². The Bertz CT molecular complexity index is 652. The minimum absolute atomic E-state index is 0.154. The first-order valence-electron chi connectivity index (χ1n) is 7.15. The predicted molar refractivity (Wildman–Crippen MR) is 78.8 cm³/mol. The fraction of sp³-hybridized carbons (Fsp3) is 0.375. The van der Waals surface area contributed by atoms with Crippen molar-refractivity contribution in [3.8, 4) is 11.5 Å². The monoisotopic (exact) mass is 303 g/mol. The van der Waals surface area contributed by atoms with Gasteiger partial charge in [0, 0.05) is 12.1 Å². The van der Waals surface area contributed by atoms with E-state index in [2.05, 4.69) is 0 Å². The normalized spacial score (nSPS) is 20.0. The molecule has 1 saturated heterocycles. The summed E-state index contributed by atoms with van der Waals surface area (Å²) < 4.78 is 10.8. The molecule has 1 atom stereocenters. The average Bonchev–Trinajstić information content (AvgIpc) is 3.02. The highest BCUT2D eigenvalue weighted by atomic mass is 16.5. The van der Waals surface area contributed by atoms with Gasteiger partial charge in [0.1, 0.15) is 24.1 Å². The second-order valence-electron chi connectivity index (χ2n) is 5.36. The zero-order valence-electron chi connectivity index (χ0n) is 12.2. The van der Waals surface area contributed by atoms with Crippen LogP contribution >= 0.6 is 0 Å². The average molecular weight is 303 g/mol. The zero-order valence-corrected chi connectivity index (χ0v) is 12.2. The smallest absolute Gasteiger partial charge is 0.326 e. The lowest BCUT2D eigenvalue weighted by Crippen LogP contribution is -2.42. The van der Waals surface area contributed by atoms with E-state index in [4.69, 9.17) is 9.47 Å². The van der Waals surface area contributed by atoms with Gasteiger partial charge >= 0.3 is 5.97 Å². The molecule has 0 aromatic heterocycles. The highest BCUT2D eigenvalue weighted by Gasteiger charge is 2.35. The van der Waals surface area contributed by atoms with Crippen molar-refractivity contribution in [2.75, 3.05) is 20.3 Å². The lowest BCUT2D eigenvalue weighted by atomic mass is 10.1. The van der Waals surface area contributed by atoms with E-state index in [1.54, 1.807) is 31.4 Å². The number of ether oxygens (including phenoxy) is 2. The van der Waals surface area contributed by atoms with Crippen LogP contribution in [-0.2, 0) is 9.59 Å². The van der Waals surface area contributed by atoms with Crippen molar-refractivity contribution in [3.05, 3.63) is 29.3 Å². The van der Waals surface area contributed by atoms with Gasteiger partial charge in [0.25, 0.3) is 5.91 Å². The van der Waals surface area contributed by atoms with Crippen molar-refractivity contribution in [2.24, 2.45) is 0 Å². The summed E-state index contributed by atoms with van der Waals surface area (Å²) in [6.07, 6.45) is 2.96. The maximum atomic E-state index is 12.6. The van der Waals surface area contributed by atoms with Gasteiger partial charge in [0.2, 0.25) is 0 Å². The minimum Gasteiger partial charge on any atom is -0.497 e. The maximum absolute atomic E-state index is 12.6. The number of carbonyl (C=O) groups is 2. The van der Waals surface area contributed by atoms with Crippen LogP contribution < -0.4 is 9.47 Å². The topological polar surface area (TPSA) is 76.1 Å². The van der Waals surface area contributed by atoms with Gasteiger partial charge in [-0.05, 0) is 37.1 Å². The van der Waals surface area contributed by atoms with Crippen molar-refractivity contribution in [3.63, 3.8) is 0 Å². The number of rotatable bonds is 3. The predicted octanol–water partition coefficient (Wildman–Crippen LogP) is 1.55. The summed E-state index contributed by atoms with van der Waals surface area (Å²) >= 11 is 0. The van der Waals surface area contributed by atoms with Gasteiger partial charge in [-0.25, -0.2) is 4.79 Å². The molecule has 0 spiro atoms. The van der Waals surface area contributed by atoms with Crippen molar-refractivity contribution in [2.45, 2.75) is 18.9 Å². The second kappa shape index (κ2) is 5.71. The summed E-state index contributed by atoms with van der Waals surface area (Å²) in [4.78, 5) is 25.2. The fourth-order valence-corrected chi connectivity index (χ4v) is 2.86. The number of aliphatic carboxylic acids is 1. The molecule has 3 rings (SSSR count). The molecule has 0 radical (unpaired) electrons. The third-order valence-electron chi connectivity index (χ3n) is 4.00. The molecule has 116 valence electrons. The van der Waals surface area contributed by atoms with Crippen LogP contribution in [0, 0.1) is 0 Å². The number of amides is 1. The van der Waals surface area contributed by atoms with E-state index in [1.165, 1.54) is 4.90 Å². The van der Waals surface area contributed by atoms with Gasteiger partial charge in [-0.2, -0.15) is 0 Å². The number of carboxylic acid groups (broad SMARTS) is 1. The van der Waals surface area contributed by atoms with Crippen molar-refractivity contribution in [1.82, 2.24) is 4.90 Å². The molecule has 6 heteroatoms. The second-order valence-corrected chi connectivity index (χ2v) is 5.36. The Labute approximate surface area is 127 Å². The molecule has 6 nitrogen and oxygen atoms in total. The first-order valence-corrected chi connectivity index (χ1v) is 7.15. The van der Waals surface area contributed by atoms with Crippen LogP contribution in [0.1, 0.15) is 18.4 Å². The number of carboxylic acids is 1. The molecule has 2 aliphatic heterocycles. The van der Waals surface area contributed by atoms with E-state index in [9.17, 15) is 14.7 Å². The standard InChI is InChI=1S/C16H17NO5/c1-21-12-4-5-14-10(8-12)7-11(9-22-14)15(18)17-6-2-3-13(17)16(19)20/h4-5,7-8,13H,2-3,6,9H2,1H3,(H,19,20)/t13-/m1/s1. The summed E-state index contributed by atoms with van der Waals surface area (Å²) in [6, 6.07) is 4.64. The van der Waals surface area contributed by atoms with Crippen molar-refractivity contribution < 1.29 is 24.2 Å². The Hall–Kier alpha value is -2.50. The van der Waals surface area contributed by atoms with Crippen LogP contribution in [0.3, 0.4) is 0 Å². The lowest BCUT2D eigenvalue weighted by molar-refractivity contribution is -0.147. The Kier molecular flexibility index (Phi) is 3.75. The highest BCUT2D eigenvalue weighted by molar-refractivity contribution is 6.01. The number of carbonyl (C=O) groups excluding carboxylic acids is 1. The quantitative estimate of drug-likeness (QED) is 0.917. The van der Waals surface area contributed by atoms with Gasteiger partial charge < -0.3 is 19.5 Å². The van der Waals surface area contributed by atoms with E-state index in [-0.39, 0.29) is 12.5 Å². The zero-order chi connectivity index (χ0) is 15.7. The van der Waals surface area contributed by atoms with Crippen molar-refractivity contribution in [1.29, 1.82) is 0 Å². The molecular formula is C16H17NO5. The van der Waals surface area contributed by atoms with Gasteiger partial charge in [0.05, 0.1) is 12.7 Å². The van der Waals surface area contributed by atoms with Gasteiger partial charge in [-0.15, -0.1) is 0 Å². The van der Waals surface area contributed by atoms with E-state index < -0.39 is 12.0 Å². The number of hydrogen-bond donors (Lipinski definition) is 1. The molecule has 0 aliphatic carbocycles. The Balaban J connectivity index is 1.87. The van der Waals surface area contributed by atoms with Gasteiger partial charge in [-0.3, -0.25) is 4.79 Å². The van der Waals surface area contributed by atoms with E-state index in [0.717, 1.165) is 5.56 Å². The summed E-state index contributed by atoms with van der Waals surface area (Å²) in [5.74, 6) is 0.147. The molecular weight excluding hydrogens is 286 g/mol. The third kappa shape index (κ3) is 2.52. The summed E-state index contributed by atoms with van der Waals surface area (Å²) in [5.41, 5.74) is 1.23. The number of benzene rings is 1. The Morgan fingerprint density at radius 1 is 1.41 bits per heavy atom. The maximum Gasteiger partial charge on any atom is 0.326 e. The first-order chi connectivity index (χ1) is 10.6. The molecule has 2 heterocycles. The number of likely N-dealkylation sites (tertiary alicyclic amines) is 1. The molecule has 1 N–H and O–H groups in total. The molecule has 0 saturated carbocycles. The molecule has 1 fully saturated rings. The summed E-state index contributed by atoms with van der Waals surface area (Å²) in [6.45, 7) is 0.624. The first kappa shape index (κ1) is 14.4. The van der Waals surface area contributed by atoms with Crippen LogP contribution in [0.5, 0.6) is 11.5 Å². The van der Waals surface area contributed by atoms with E-state index >= 15 is 0 Å². The van der Waals surface area contributed by atoms with E-state index in [1.807, 2.05) is 0 Å². The van der Waals surface area contributed by atoms with Crippen LogP contribution in [-0.4, -0.2) is 48.2 Å². The highest BCUT2D eigenvalue weighted by Crippen LogP contribution is 2.31. The molecule has 0 unspecified atom stereocenters. The molecule has 1 amide bonds. The summed E-state index contributed by atoms with van der Waals surface area (Å²) in [5, 5.41) is 9.20. The lowest BCUT2D eigenvalue weighted by Gasteiger charge is -2.25. The minimum atomic E-state index is -0.953. The van der Waals surface area contributed by atoms with Crippen LogP contribution in [0.2, 0.25) is 0 Å². The molecule has 22 heavy (non-hydrogen) atoms. The molecule has 1 aromatic carbocycles. The fourth-order valence-electron chi connectivity index (χ4n) is 2.86. The van der Waals surface area contributed by atoms with Crippen LogP contribution in [0.15, 0.2) is 23.8 Å².